The fourth-order valence-corrected chi connectivity index (χ4v) is 13.8. The number of ketones is 1. The van der Waals surface area contributed by atoms with Crippen LogP contribution in [0.25, 0.3) is 88.1 Å². The van der Waals surface area contributed by atoms with Gasteiger partial charge in [-0.05, 0) is 125 Å². The number of nitrogens with zero attached hydrogens (tertiary/aromatic N) is 2. The third-order valence-corrected chi connectivity index (χ3v) is 17.3. The molecule has 2 aliphatic rings. The molecule has 2 aliphatic carbocycles. The first-order chi connectivity index (χ1) is 35.4. The second-order valence-corrected chi connectivity index (χ2v) is 22.7. The number of carbonyl (C=O) groups excluding carboxylic acids is 1. The molecule has 10 aromatic carbocycles. The zero-order chi connectivity index (χ0) is 50.3. The highest BCUT2D eigenvalue weighted by molar-refractivity contribution is 9.11. The quantitative estimate of drug-likeness (QED) is 0.192. The van der Waals surface area contributed by atoms with E-state index in [2.05, 4.69) is 224 Å². The van der Waals surface area contributed by atoms with Crippen molar-refractivity contribution in [1.29, 1.82) is 0 Å². The molecule has 362 valence electrons. The molecule has 12 aromatic rings. The molecule has 74 heavy (non-hydrogen) atoms. The van der Waals surface area contributed by atoms with Crippen LogP contribution in [0.4, 0.5) is 0 Å². The monoisotopic (exact) mass is 1280 g/mol. The molecular weight excluding hydrogens is 1240 g/mol. The van der Waals surface area contributed by atoms with Crippen LogP contribution in [-0.4, -0.2) is 20.0 Å². The lowest BCUT2D eigenvalue weighted by atomic mass is 9.80. The molecule has 0 spiro atoms. The highest BCUT2D eigenvalue weighted by atomic mass is 79.9. The van der Waals surface area contributed by atoms with Gasteiger partial charge in [0.1, 0.15) is 5.60 Å². The zero-order valence-corrected chi connectivity index (χ0v) is 47.2. The molecule has 0 fully saturated rings. The van der Waals surface area contributed by atoms with Gasteiger partial charge in [-0.1, -0.05) is 207 Å². The Kier molecular flexibility index (Phi) is 13.4. The molecule has 0 amide bonds. The molecule has 0 radical (unpaired) electrons. The largest absolute Gasteiger partial charge is 0.376 e. The minimum atomic E-state index is -1.32. The van der Waals surface area contributed by atoms with Crippen molar-refractivity contribution in [2.45, 2.75) is 13.0 Å². The minimum absolute atomic E-state index is 0. The maximum atomic E-state index is 12.9. The standard InChI is InChI=1S/C32H21Br2NO.C20H11Br2NO.C12H9Br.CH4/c1-35-28-14-8-6-12-23(28)30-29-22-16-15-20(33)17-25(22)32(36,26(29)18-27(34)31(30)35)24-13-7-5-11-21(24)19-9-3-2-4-10-19;1-23-16-5-3-2-4-12(16)18-17-11-7-6-10(21)8-13(11)20(24)14(17)9-15(22)19(18)23;13-12-9-5-4-8-11(12)10-6-2-1-3-7-10;/h2-18,36H,1H3;2-9H,1H3;1-9H;1H4. The van der Waals surface area contributed by atoms with Crippen molar-refractivity contribution >= 4 is 129 Å². The summed E-state index contributed by atoms with van der Waals surface area (Å²) in [6, 6.07) is 70.3. The summed E-state index contributed by atoms with van der Waals surface area (Å²) in [7, 11) is 4.18. The summed E-state index contributed by atoms with van der Waals surface area (Å²) >= 11 is 18.3. The summed E-state index contributed by atoms with van der Waals surface area (Å²) in [5.41, 5.74) is 16.3. The predicted molar refractivity (Wildman–Crippen MR) is 326 cm³/mol. The molecule has 2 heterocycles. The van der Waals surface area contributed by atoms with E-state index < -0.39 is 5.60 Å². The number of benzene rings is 10. The van der Waals surface area contributed by atoms with Gasteiger partial charge in [0, 0.05) is 102 Å². The van der Waals surface area contributed by atoms with Crippen LogP contribution in [0.3, 0.4) is 0 Å². The Morgan fingerprint density at radius 3 is 1.50 bits per heavy atom. The van der Waals surface area contributed by atoms with Gasteiger partial charge in [-0.2, -0.15) is 0 Å². The molecule has 1 unspecified atom stereocenters. The predicted octanol–water partition coefficient (Wildman–Crippen LogP) is 19.6. The van der Waals surface area contributed by atoms with E-state index in [9.17, 15) is 9.90 Å². The van der Waals surface area contributed by atoms with Crippen LogP contribution in [0.1, 0.15) is 40.0 Å². The molecular formula is C65H45Br5N2O2. The molecule has 0 saturated heterocycles. The number of aliphatic hydroxyl groups is 1. The second kappa shape index (κ2) is 19.8. The fraction of sp³-hybridized carbons (Fsp3) is 0.0615. The number of carbonyl (C=O) groups is 1. The van der Waals surface area contributed by atoms with Crippen molar-refractivity contribution in [3.8, 4) is 44.5 Å². The number of rotatable bonds is 3. The summed E-state index contributed by atoms with van der Waals surface area (Å²) in [6.07, 6.45) is 0. The number of halogens is 5. The summed E-state index contributed by atoms with van der Waals surface area (Å²) < 4.78 is 9.36. The zero-order valence-electron chi connectivity index (χ0n) is 39.3. The van der Waals surface area contributed by atoms with Gasteiger partial charge in [-0.15, -0.1) is 0 Å². The van der Waals surface area contributed by atoms with Crippen LogP contribution < -0.4 is 0 Å². The molecule has 1 N–H and O–H groups in total. The Morgan fingerprint density at radius 1 is 0.392 bits per heavy atom. The van der Waals surface area contributed by atoms with Gasteiger partial charge in [0.15, 0.2) is 5.78 Å². The van der Waals surface area contributed by atoms with Crippen LogP contribution in [0.2, 0.25) is 0 Å². The molecule has 9 heteroatoms. The Bertz CT molecular complexity index is 4220. The van der Waals surface area contributed by atoms with Gasteiger partial charge in [0.2, 0.25) is 0 Å². The topological polar surface area (TPSA) is 47.2 Å². The third-order valence-electron chi connectivity index (χ3n) is 14.4. The first-order valence-electron chi connectivity index (χ1n) is 23.7. The van der Waals surface area contributed by atoms with E-state index >= 15 is 0 Å². The van der Waals surface area contributed by atoms with Gasteiger partial charge in [-0.3, -0.25) is 4.79 Å². The Hall–Kier alpha value is -6.17. The van der Waals surface area contributed by atoms with Gasteiger partial charge < -0.3 is 14.2 Å². The highest BCUT2D eigenvalue weighted by Crippen LogP contribution is 2.58. The molecule has 2 aromatic heterocycles. The lowest BCUT2D eigenvalue weighted by molar-refractivity contribution is 0.104. The van der Waals surface area contributed by atoms with E-state index in [1.807, 2.05) is 84.9 Å². The van der Waals surface area contributed by atoms with Gasteiger partial charge in [0.05, 0.1) is 11.0 Å². The third kappa shape index (κ3) is 8.01. The van der Waals surface area contributed by atoms with E-state index in [0.717, 1.165) is 105 Å². The summed E-state index contributed by atoms with van der Waals surface area (Å²) in [5.74, 6) is 0.0943. The maximum absolute atomic E-state index is 12.9. The number of para-hydroxylation sites is 2. The minimum Gasteiger partial charge on any atom is -0.376 e. The van der Waals surface area contributed by atoms with Crippen molar-refractivity contribution in [3.05, 3.63) is 256 Å². The smallest absolute Gasteiger partial charge is 0.194 e. The molecule has 14 rings (SSSR count). The molecule has 1 atom stereocenters. The van der Waals surface area contributed by atoms with Crippen LogP contribution in [0.5, 0.6) is 0 Å². The maximum Gasteiger partial charge on any atom is 0.194 e. The van der Waals surface area contributed by atoms with Crippen molar-refractivity contribution in [2.24, 2.45) is 14.1 Å². The van der Waals surface area contributed by atoms with Gasteiger partial charge >= 0.3 is 0 Å². The van der Waals surface area contributed by atoms with Crippen LogP contribution in [0, 0.1) is 0 Å². The lowest BCUT2D eigenvalue weighted by Crippen LogP contribution is -2.27. The number of aryl methyl sites for hydroxylation is 2. The van der Waals surface area contributed by atoms with Crippen LogP contribution in [0.15, 0.2) is 229 Å². The average molecular weight is 1290 g/mol. The van der Waals surface area contributed by atoms with Crippen molar-refractivity contribution in [2.75, 3.05) is 0 Å². The summed E-state index contributed by atoms with van der Waals surface area (Å²) in [4.78, 5) is 12.9. The summed E-state index contributed by atoms with van der Waals surface area (Å²) in [6.45, 7) is 0. The van der Waals surface area contributed by atoms with Crippen molar-refractivity contribution in [3.63, 3.8) is 0 Å². The van der Waals surface area contributed by atoms with E-state index in [4.69, 9.17) is 0 Å². The summed E-state index contributed by atoms with van der Waals surface area (Å²) in [5, 5.41) is 17.6. The Balaban J connectivity index is 0.000000133. The highest BCUT2D eigenvalue weighted by Gasteiger charge is 2.46. The Morgan fingerprint density at radius 2 is 0.878 bits per heavy atom. The first kappa shape index (κ1) is 50.0. The van der Waals surface area contributed by atoms with E-state index in [0.29, 0.717) is 0 Å². The number of hydrogen-bond acceptors (Lipinski definition) is 2. The van der Waals surface area contributed by atoms with Crippen LogP contribution >= 0.6 is 79.6 Å². The SMILES string of the molecule is Brc1ccccc1-c1ccccc1.C.Cn1c2ccccc2c2c3c(cc(Br)c21)C(=O)c1cc(Br)ccc1-3.Cn1c2ccccc2c2c3c(cc(Br)c21)C(O)(c1ccccc1-c1ccccc1)c1cc(Br)ccc1-3. The van der Waals surface area contributed by atoms with Crippen molar-refractivity contribution in [1.82, 2.24) is 9.13 Å². The lowest BCUT2D eigenvalue weighted by Gasteiger charge is -2.29. The number of fused-ring (bicyclic) bond motifs is 14. The van der Waals surface area contributed by atoms with E-state index in [1.54, 1.807) is 0 Å². The van der Waals surface area contributed by atoms with E-state index in [1.165, 1.54) is 32.9 Å². The molecule has 4 nitrogen and oxygen atoms in total. The first-order valence-corrected chi connectivity index (χ1v) is 27.6. The van der Waals surface area contributed by atoms with Gasteiger partial charge in [-0.25, -0.2) is 0 Å². The molecule has 0 aliphatic heterocycles. The molecule has 0 bridgehead atoms. The average Bonchev–Trinajstić information content (AvgIpc) is 4.11. The van der Waals surface area contributed by atoms with Crippen LogP contribution in [-0.2, 0) is 19.7 Å². The number of hydrogen-bond donors (Lipinski definition) is 1. The van der Waals surface area contributed by atoms with Crippen molar-refractivity contribution < 1.29 is 9.90 Å². The molecule has 0 saturated carbocycles. The normalized spacial score (nSPS) is 13.9. The number of aromatic nitrogens is 2. The second-order valence-electron chi connectivity index (χ2n) is 18.3. The van der Waals surface area contributed by atoms with E-state index in [-0.39, 0.29) is 13.2 Å². The van der Waals surface area contributed by atoms with Gasteiger partial charge in [0.25, 0.3) is 0 Å². The Labute approximate surface area is 472 Å². The fourth-order valence-electron chi connectivity index (χ4n) is 11.2.